The Labute approximate surface area is 90.6 Å². The molecule has 0 N–H and O–H groups in total. The molecule has 4 nitrogen and oxygen atoms in total. The van der Waals surface area contributed by atoms with Gasteiger partial charge < -0.3 is 4.74 Å². The lowest BCUT2D eigenvalue weighted by Gasteiger charge is -1.94. The van der Waals surface area contributed by atoms with E-state index in [2.05, 4.69) is 9.97 Å². The Hall–Kier alpha value is -1.75. The molecule has 0 bridgehead atoms. The lowest BCUT2D eigenvalue weighted by molar-refractivity contribution is 0.103. The summed E-state index contributed by atoms with van der Waals surface area (Å²) in [4.78, 5) is 20.2. The number of ether oxygens (including phenoxy) is 1. The monoisotopic (exact) mass is 220 g/mol. The zero-order valence-corrected chi connectivity index (χ0v) is 8.82. The molecule has 0 aliphatic carbocycles. The van der Waals surface area contributed by atoms with Gasteiger partial charge in [0.1, 0.15) is 5.69 Å². The van der Waals surface area contributed by atoms with E-state index in [4.69, 9.17) is 4.74 Å². The summed E-state index contributed by atoms with van der Waals surface area (Å²) in [6.07, 6.45) is 4.48. The zero-order chi connectivity index (χ0) is 10.7. The largest absolute Gasteiger partial charge is 0.487 e. The Balaban J connectivity index is 2.29. The van der Waals surface area contributed by atoms with Crippen molar-refractivity contribution in [1.29, 1.82) is 0 Å². The summed E-state index contributed by atoms with van der Waals surface area (Å²) < 4.78 is 5.01. The standard InChI is InChI=1S/C10H8N2O2S/c1-14-9-3-2-8(15-9)10(13)7-6-11-4-5-12-7/h2-6H,1H3. The first-order chi connectivity index (χ1) is 7.31. The Morgan fingerprint density at radius 3 is 2.87 bits per heavy atom. The molecule has 0 atom stereocenters. The van der Waals surface area contributed by atoms with E-state index in [1.165, 1.54) is 29.9 Å². The number of rotatable bonds is 3. The van der Waals surface area contributed by atoms with Gasteiger partial charge in [-0.1, -0.05) is 11.3 Å². The first-order valence-corrected chi connectivity index (χ1v) is 5.07. The van der Waals surface area contributed by atoms with Crippen LogP contribution in [0.4, 0.5) is 0 Å². The van der Waals surface area contributed by atoms with Crippen LogP contribution < -0.4 is 4.74 Å². The molecule has 15 heavy (non-hydrogen) atoms. The number of aromatic nitrogens is 2. The second-order valence-corrected chi connectivity index (χ2v) is 3.79. The van der Waals surface area contributed by atoms with E-state index in [1.807, 2.05) is 0 Å². The summed E-state index contributed by atoms with van der Waals surface area (Å²) in [5.41, 5.74) is 0.349. The first-order valence-electron chi connectivity index (χ1n) is 4.26. The molecule has 0 amide bonds. The SMILES string of the molecule is COc1ccc(C(=O)c2cnccn2)s1. The van der Waals surface area contributed by atoms with Gasteiger partial charge in [0.2, 0.25) is 5.78 Å². The van der Waals surface area contributed by atoms with Gasteiger partial charge in [-0.25, -0.2) is 4.98 Å². The fraction of sp³-hybridized carbons (Fsp3) is 0.100. The molecule has 0 saturated carbocycles. The number of hydrogen-bond donors (Lipinski definition) is 0. The summed E-state index contributed by atoms with van der Waals surface area (Å²) in [7, 11) is 1.57. The molecule has 0 unspecified atom stereocenters. The van der Waals surface area contributed by atoms with Gasteiger partial charge in [0.15, 0.2) is 5.06 Å². The minimum absolute atomic E-state index is 0.128. The van der Waals surface area contributed by atoms with Gasteiger partial charge >= 0.3 is 0 Å². The maximum atomic E-state index is 11.8. The fourth-order valence-electron chi connectivity index (χ4n) is 1.09. The van der Waals surface area contributed by atoms with E-state index >= 15 is 0 Å². The molecule has 0 spiro atoms. The zero-order valence-electron chi connectivity index (χ0n) is 8.01. The van der Waals surface area contributed by atoms with Crippen molar-refractivity contribution in [1.82, 2.24) is 9.97 Å². The molecule has 0 radical (unpaired) electrons. The number of nitrogens with zero attached hydrogens (tertiary/aromatic N) is 2. The van der Waals surface area contributed by atoms with Crippen molar-refractivity contribution in [3.8, 4) is 5.06 Å². The summed E-state index contributed by atoms with van der Waals surface area (Å²) in [6, 6.07) is 3.48. The van der Waals surface area contributed by atoms with E-state index in [0.717, 1.165) is 0 Å². The van der Waals surface area contributed by atoms with Gasteiger partial charge in [-0.2, -0.15) is 0 Å². The third-order valence-electron chi connectivity index (χ3n) is 1.80. The number of hydrogen-bond acceptors (Lipinski definition) is 5. The highest BCUT2D eigenvalue weighted by Crippen LogP contribution is 2.25. The van der Waals surface area contributed by atoms with Crippen LogP contribution in [0.5, 0.6) is 5.06 Å². The Morgan fingerprint density at radius 1 is 1.40 bits per heavy atom. The van der Waals surface area contributed by atoms with Gasteiger partial charge in [0.25, 0.3) is 0 Å². The number of carbonyl (C=O) groups is 1. The van der Waals surface area contributed by atoms with Crippen LogP contribution in [0.3, 0.4) is 0 Å². The van der Waals surface area contributed by atoms with E-state index in [9.17, 15) is 4.79 Å². The molecule has 0 fully saturated rings. The average Bonchev–Trinajstić information content (AvgIpc) is 2.78. The quantitative estimate of drug-likeness (QED) is 0.740. The van der Waals surface area contributed by atoms with Crippen molar-refractivity contribution >= 4 is 17.1 Å². The highest BCUT2D eigenvalue weighted by Gasteiger charge is 2.13. The minimum Gasteiger partial charge on any atom is -0.487 e. The molecule has 2 aromatic rings. The number of carbonyl (C=O) groups excluding carboxylic acids is 1. The number of ketones is 1. The van der Waals surface area contributed by atoms with Crippen molar-refractivity contribution < 1.29 is 9.53 Å². The highest BCUT2D eigenvalue weighted by molar-refractivity contribution is 7.16. The van der Waals surface area contributed by atoms with E-state index < -0.39 is 0 Å². The molecule has 2 aromatic heterocycles. The van der Waals surface area contributed by atoms with E-state index in [-0.39, 0.29) is 5.78 Å². The van der Waals surface area contributed by atoms with Gasteiger partial charge in [-0.3, -0.25) is 9.78 Å². The molecule has 0 aliphatic rings. The first kappa shape index (κ1) is 9.79. The molecule has 76 valence electrons. The molecule has 5 heteroatoms. The minimum atomic E-state index is -0.128. The van der Waals surface area contributed by atoms with Crippen molar-refractivity contribution in [3.05, 3.63) is 41.3 Å². The fourth-order valence-corrected chi connectivity index (χ4v) is 1.86. The topological polar surface area (TPSA) is 52.1 Å². The van der Waals surface area contributed by atoms with Crippen LogP contribution >= 0.6 is 11.3 Å². The van der Waals surface area contributed by atoms with Crippen LogP contribution in [0.25, 0.3) is 0 Å². The summed E-state index contributed by atoms with van der Waals surface area (Å²) in [6.45, 7) is 0. The van der Waals surface area contributed by atoms with Crippen LogP contribution in [0, 0.1) is 0 Å². The Morgan fingerprint density at radius 2 is 2.27 bits per heavy atom. The Bertz CT molecular complexity index is 467. The van der Waals surface area contributed by atoms with Gasteiger partial charge in [-0.15, -0.1) is 0 Å². The molecule has 0 aromatic carbocycles. The number of methoxy groups -OCH3 is 1. The van der Waals surface area contributed by atoms with Gasteiger partial charge in [-0.05, 0) is 12.1 Å². The third kappa shape index (κ3) is 2.02. The summed E-state index contributed by atoms with van der Waals surface area (Å²) >= 11 is 1.30. The molecular formula is C10H8N2O2S. The van der Waals surface area contributed by atoms with Crippen molar-refractivity contribution in [3.63, 3.8) is 0 Å². The lowest BCUT2D eigenvalue weighted by Crippen LogP contribution is -2.01. The van der Waals surface area contributed by atoms with Gasteiger partial charge in [0.05, 0.1) is 18.2 Å². The van der Waals surface area contributed by atoms with Crippen LogP contribution in [0.15, 0.2) is 30.7 Å². The maximum Gasteiger partial charge on any atom is 0.222 e. The molecule has 2 rings (SSSR count). The molecule has 0 saturated heterocycles. The Kier molecular flexibility index (Phi) is 2.73. The molecular weight excluding hydrogens is 212 g/mol. The van der Waals surface area contributed by atoms with E-state index in [1.54, 1.807) is 19.2 Å². The predicted octanol–water partition coefficient (Wildman–Crippen LogP) is 1.78. The van der Waals surface area contributed by atoms with Crippen LogP contribution in [0.1, 0.15) is 15.4 Å². The van der Waals surface area contributed by atoms with E-state index in [0.29, 0.717) is 15.6 Å². The smallest absolute Gasteiger partial charge is 0.222 e. The average molecular weight is 220 g/mol. The second kappa shape index (κ2) is 4.18. The molecule has 0 aliphatic heterocycles. The molecule has 2 heterocycles. The maximum absolute atomic E-state index is 11.8. The van der Waals surface area contributed by atoms with Crippen molar-refractivity contribution in [2.24, 2.45) is 0 Å². The van der Waals surface area contributed by atoms with Crippen molar-refractivity contribution in [2.45, 2.75) is 0 Å². The van der Waals surface area contributed by atoms with Crippen LogP contribution in [-0.2, 0) is 0 Å². The highest BCUT2D eigenvalue weighted by atomic mass is 32.1. The normalized spacial score (nSPS) is 9.93. The van der Waals surface area contributed by atoms with Crippen LogP contribution in [-0.4, -0.2) is 22.9 Å². The van der Waals surface area contributed by atoms with Crippen molar-refractivity contribution in [2.75, 3.05) is 7.11 Å². The van der Waals surface area contributed by atoms with Crippen LogP contribution in [0.2, 0.25) is 0 Å². The summed E-state index contributed by atoms with van der Waals surface area (Å²) in [5, 5.41) is 0.710. The number of thiophene rings is 1. The van der Waals surface area contributed by atoms with Gasteiger partial charge in [0, 0.05) is 12.4 Å². The third-order valence-corrected chi connectivity index (χ3v) is 2.85. The predicted molar refractivity (Wildman–Crippen MR) is 56.3 cm³/mol. The second-order valence-electron chi connectivity index (χ2n) is 2.74. The summed E-state index contributed by atoms with van der Waals surface area (Å²) in [5.74, 6) is -0.128. The lowest BCUT2D eigenvalue weighted by atomic mass is 10.2.